The first kappa shape index (κ1) is 29.3. The number of carboxylic acids is 2. The third-order valence-electron chi connectivity index (χ3n) is 0. The van der Waals surface area contributed by atoms with E-state index in [4.69, 9.17) is 19.8 Å². The molecule has 0 aliphatic carbocycles. The molecular formula is C4H11Na3O4. The Hall–Kier alpha value is 1.94. The molecule has 0 heterocycles. The summed E-state index contributed by atoms with van der Waals surface area (Å²) in [6.07, 6.45) is 0. The first-order chi connectivity index (χ1) is 3.46. The van der Waals surface area contributed by atoms with Gasteiger partial charge in [0.05, 0.1) is 0 Å². The Labute approximate surface area is 132 Å². The summed E-state index contributed by atoms with van der Waals surface area (Å²) in [7, 11) is 0. The van der Waals surface area contributed by atoms with Crippen LogP contribution in [0.2, 0.25) is 0 Å². The summed E-state index contributed by atoms with van der Waals surface area (Å²) in [5, 5.41) is 14.8. The summed E-state index contributed by atoms with van der Waals surface area (Å²) in [5.74, 6) is -1.67. The molecule has 11 heavy (non-hydrogen) atoms. The number of carbonyl (C=O) groups is 2. The van der Waals surface area contributed by atoms with Crippen molar-refractivity contribution in [3.05, 3.63) is 0 Å². The van der Waals surface area contributed by atoms with E-state index in [2.05, 4.69) is 0 Å². The molecule has 0 bridgehead atoms. The van der Waals surface area contributed by atoms with Gasteiger partial charge >= 0.3 is 88.7 Å². The van der Waals surface area contributed by atoms with E-state index in [9.17, 15) is 0 Å². The molecular weight excluding hydrogens is 181 g/mol. The maximum absolute atomic E-state index is 9.00. The first-order valence-electron chi connectivity index (χ1n) is 1.86. The van der Waals surface area contributed by atoms with E-state index in [-0.39, 0.29) is 88.7 Å². The van der Waals surface area contributed by atoms with Crippen LogP contribution in [0, 0.1) is 0 Å². The van der Waals surface area contributed by atoms with E-state index < -0.39 is 11.9 Å². The molecule has 0 saturated carbocycles. The van der Waals surface area contributed by atoms with Gasteiger partial charge in [-0.3, -0.25) is 9.59 Å². The molecule has 0 fully saturated rings. The zero-order valence-electron chi connectivity index (χ0n) is 4.71. The molecule has 0 atom stereocenters. The minimum atomic E-state index is -0.833. The predicted octanol–water partition coefficient (Wildman–Crippen LogP) is -1.76. The Bertz CT molecular complexity index is 75.3. The SMILES string of the molecule is CC(=O)O.CC(=O)O.[NaH].[NaH].[NaH]. The van der Waals surface area contributed by atoms with Gasteiger partial charge in [0.1, 0.15) is 0 Å². The van der Waals surface area contributed by atoms with Crippen molar-refractivity contribution in [2.24, 2.45) is 0 Å². The molecule has 2 N–H and O–H groups in total. The van der Waals surface area contributed by atoms with Crippen LogP contribution in [0.15, 0.2) is 0 Å². The van der Waals surface area contributed by atoms with Gasteiger partial charge in [-0.2, -0.15) is 0 Å². The first-order valence-corrected chi connectivity index (χ1v) is 1.86. The average molecular weight is 192 g/mol. The zero-order valence-corrected chi connectivity index (χ0v) is 4.71. The van der Waals surface area contributed by atoms with E-state index in [1.807, 2.05) is 0 Å². The topological polar surface area (TPSA) is 74.6 Å². The van der Waals surface area contributed by atoms with Gasteiger partial charge in [-0.25, -0.2) is 0 Å². The third kappa shape index (κ3) is 313. The molecule has 0 radical (unpaired) electrons. The standard InChI is InChI=1S/2C2H4O2.3Na.3H/c2*1-2(3)4;;;;;;/h2*1H3,(H,3,4);;;;;;. The minimum absolute atomic E-state index is 0. The quantitative estimate of drug-likeness (QED) is 0.446. The van der Waals surface area contributed by atoms with Crippen molar-refractivity contribution in [3.63, 3.8) is 0 Å². The van der Waals surface area contributed by atoms with Crippen LogP contribution in [0.1, 0.15) is 13.8 Å². The van der Waals surface area contributed by atoms with Crippen LogP contribution in [0.4, 0.5) is 0 Å². The van der Waals surface area contributed by atoms with Crippen molar-refractivity contribution in [3.8, 4) is 0 Å². The summed E-state index contributed by atoms with van der Waals surface area (Å²) in [5.41, 5.74) is 0. The van der Waals surface area contributed by atoms with Crippen molar-refractivity contribution in [2.75, 3.05) is 0 Å². The van der Waals surface area contributed by atoms with Crippen molar-refractivity contribution in [1.29, 1.82) is 0 Å². The van der Waals surface area contributed by atoms with E-state index in [1.54, 1.807) is 0 Å². The van der Waals surface area contributed by atoms with E-state index >= 15 is 0 Å². The van der Waals surface area contributed by atoms with Crippen LogP contribution >= 0.6 is 0 Å². The van der Waals surface area contributed by atoms with Gasteiger partial charge in [-0.15, -0.1) is 0 Å². The van der Waals surface area contributed by atoms with Crippen molar-refractivity contribution in [2.45, 2.75) is 13.8 Å². The molecule has 54 valence electrons. The van der Waals surface area contributed by atoms with Gasteiger partial charge in [0, 0.05) is 13.8 Å². The summed E-state index contributed by atoms with van der Waals surface area (Å²) in [6.45, 7) is 2.17. The number of hydrogen-bond donors (Lipinski definition) is 2. The van der Waals surface area contributed by atoms with E-state index in [1.165, 1.54) is 0 Å². The summed E-state index contributed by atoms with van der Waals surface area (Å²) in [6, 6.07) is 0. The normalized spacial score (nSPS) is 4.55. The summed E-state index contributed by atoms with van der Waals surface area (Å²) < 4.78 is 0. The van der Waals surface area contributed by atoms with Gasteiger partial charge in [0.2, 0.25) is 0 Å². The Kier molecular flexibility index (Phi) is 60.3. The molecule has 0 unspecified atom stereocenters. The zero-order chi connectivity index (χ0) is 7.15. The molecule has 0 spiro atoms. The molecule has 0 amide bonds. The second-order valence-corrected chi connectivity index (χ2v) is 1.04. The average Bonchev–Trinajstić information content (AvgIpc) is 1.25. The van der Waals surface area contributed by atoms with Crippen LogP contribution in [0.3, 0.4) is 0 Å². The van der Waals surface area contributed by atoms with Crippen molar-refractivity contribution in [1.82, 2.24) is 0 Å². The molecule has 0 aliphatic rings. The van der Waals surface area contributed by atoms with E-state index in [0.29, 0.717) is 0 Å². The molecule has 0 aliphatic heterocycles. The second-order valence-electron chi connectivity index (χ2n) is 1.04. The number of carboxylic acid groups (broad SMARTS) is 2. The van der Waals surface area contributed by atoms with Gasteiger partial charge in [-0.1, -0.05) is 0 Å². The van der Waals surface area contributed by atoms with Gasteiger partial charge in [-0.05, 0) is 0 Å². The molecule has 0 aromatic carbocycles. The predicted molar refractivity (Wildman–Crippen MR) is 48.1 cm³/mol. The van der Waals surface area contributed by atoms with Gasteiger partial charge in [0.25, 0.3) is 11.9 Å². The summed E-state index contributed by atoms with van der Waals surface area (Å²) in [4.78, 5) is 18.0. The Balaban J connectivity index is -0.0000000171. The van der Waals surface area contributed by atoms with Crippen LogP contribution in [0.5, 0.6) is 0 Å². The number of hydrogen-bond acceptors (Lipinski definition) is 2. The molecule has 0 saturated heterocycles. The van der Waals surface area contributed by atoms with Crippen LogP contribution < -0.4 is 0 Å². The van der Waals surface area contributed by atoms with Crippen LogP contribution in [-0.4, -0.2) is 111 Å². The maximum atomic E-state index is 9.00. The third-order valence-corrected chi connectivity index (χ3v) is 0. The fourth-order valence-corrected chi connectivity index (χ4v) is 0. The van der Waals surface area contributed by atoms with Gasteiger partial charge in [0.15, 0.2) is 0 Å². The molecule has 7 heteroatoms. The van der Waals surface area contributed by atoms with Crippen molar-refractivity contribution < 1.29 is 19.8 Å². The van der Waals surface area contributed by atoms with Crippen LogP contribution in [0.25, 0.3) is 0 Å². The molecule has 0 aromatic heterocycles. The van der Waals surface area contributed by atoms with Crippen molar-refractivity contribution >= 4 is 101 Å². The Morgan fingerprint density at radius 1 is 0.818 bits per heavy atom. The fourth-order valence-electron chi connectivity index (χ4n) is 0. The Morgan fingerprint density at radius 2 is 0.818 bits per heavy atom. The van der Waals surface area contributed by atoms with Crippen LogP contribution in [-0.2, 0) is 9.59 Å². The summed E-state index contributed by atoms with van der Waals surface area (Å²) >= 11 is 0. The monoisotopic (exact) mass is 192 g/mol. The van der Waals surface area contributed by atoms with Gasteiger partial charge < -0.3 is 10.2 Å². The van der Waals surface area contributed by atoms with E-state index in [0.717, 1.165) is 13.8 Å². The number of aliphatic carboxylic acids is 2. The fraction of sp³-hybridized carbons (Fsp3) is 0.500. The second kappa shape index (κ2) is 22.7. The molecule has 0 rings (SSSR count). The number of rotatable bonds is 0. The Morgan fingerprint density at radius 3 is 0.818 bits per heavy atom. The molecule has 4 nitrogen and oxygen atoms in total. The molecule has 0 aromatic rings.